The molecule has 2 aromatic rings. The first-order chi connectivity index (χ1) is 9.86. The van der Waals surface area contributed by atoms with Gasteiger partial charge in [0.1, 0.15) is 5.82 Å². The van der Waals surface area contributed by atoms with Gasteiger partial charge in [0.05, 0.1) is 11.3 Å². The molecular formula is C14H13ClF3N3. The quantitative estimate of drug-likeness (QED) is 0.875. The Morgan fingerprint density at radius 2 is 1.90 bits per heavy atom. The van der Waals surface area contributed by atoms with Crippen LogP contribution in [-0.2, 0) is 19.1 Å². The predicted octanol–water partition coefficient (Wildman–Crippen LogP) is 3.50. The molecule has 0 saturated heterocycles. The highest BCUT2D eigenvalue weighted by Crippen LogP contribution is 2.33. The third-order valence-corrected chi connectivity index (χ3v) is 3.97. The molecule has 2 heterocycles. The van der Waals surface area contributed by atoms with Crippen LogP contribution < -0.4 is 5.73 Å². The molecule has 0 bridgehead atoms. The minimum absolute atomic E-state index is 0.0102. The molecular weight excluding hydrogens is 303 g/mol. The number of alkyl halides is 3. The summed E-state index contributed by atoms with van der Waals surface area (Å²) < 4.78 is 39.7. The molecule has 3 nitrogen and oxygen atoms in total. The first-order valence-electron chi connectivity index (χ1n) is 6.54. The van der Waals surface area contributed by atoms with Crippen LogP contribution in [0.1, 0.15) is 17.7 Å². The van der Waals surface area contributed by atoms with Gasteiger partial charge in [-0.25, -0.2) is 4.98 Å². The maximum atomic E-state index is 12.6. The Bertz CT molecular complexity index is 661. The summed E-state index contributed by atoms with van der Waals surface area (Å²) in [6.45, 7) is 0.575. The van der Waals surface area contributed by atoms with Crippen LogP contribution in [-0.4, -0.2) is 15.6 Å². The van der Waals surface area contributed by atoms with E-state index in [1.165, 1.54) is 12.1 Å². The smallest absolute Gasteiger partial charge is 0.326 e. The number of aromatic nitrogens is 2. The van der Waals surface area contributed by atoms with Gasteiger partial charge in [0.15, 0.2) is 5.15 Å². The van der Waals surface area contributed by atoms with Crippen LogP contribution in [0.15, 0.2) is 24.3 Å². The van der Waals surface area contributed by atoms with Crippen molar-refractivity contribution in [1.29, 1.82) is 0 Å². The van der Waals surface area contributed by atoms with Crippen LogP contribution in [0.4, 0.5) is 13.2 Å². The molecule has 1 aromatic carbocycles. The van der Waals surface area contributed by atoms with E-state index in [2.05, 4.69) is 4.98 Å². The first kappa shape index (κ1) is 14.4. The first-order valence-corrected chi connectivity index (χ1v) is 6.92. The largest absolute Gasteiger partial charge is 0.416 e. The van der Waals surface area contributed by atoms with E-state index < -0.39 is 11.7 Å². The van der Waals surface area contributed by atoms with Crippen molar-refractivity contribution < 1.29 is 13.2 Å². The summed E-state index contributed by atoms with van der Waals surface area (Å²) >= 11 is 6.11. The van der Waals surface area contributed by atoms with E-state index in [0.29, 0.717) is 23.1 Å². The topological polar surface area (TPSA) is 43.8 Å². The third-order valence-electron chi connectivity index (χ3n) is 3.66. The highest BCUT2D eigenvalue weighted by molar-refractivity contribution is 6.30. The van der Waals surface area contributed by atoms with Gasteiger partial charge < -0.3 is 10.3 Å². The fourth-order valence-electron chi connectivity index (χ4n) is 2.57. The van der Waals surface area contributed by atoms with E-state index >= 15 is 0 Å². The van der Waals surface area contributed by atoms with E-state index in [-0.39, 0.29) is 6.04 Å². The second-order valence-electron chi connectivity index (χ2n) is 5.16. The maximum Gasteiger partial charge on any atom is 0.416 e. The lowest BCUT2D eigenvalue weighted by atomic mass is 10.1. The van der Waals surface area contributed by atoms with Crippen LogP contribution >= 0.6 is 11.6 Å². The molecule has 1 atom stereocenters. The van der Waals surface area contributed by atoms with E-state index in [0.717, 1.165) is 30.7 Å². The molecule has 21 heavy (non-hydrogen) atoms. The third kappa shape index (κ3) is 2.65. The lowest BCUT2D eigenvalue weighted by molar-refractivity contribution is -0.137. The second kappa shape index (κ2) is 5.03. The van der Waals surface area contributed by atoms with E-state index in [1.54, 1.807) is 0 Å². The molecule has 7 heteroatoms. The number of fused-ring (bicyclic) bond motifs is 1. The highest BCUT2D eigenvalue weighted by Gasteiger charge is 2.30. The van der Waals surface area contributed by atoms with Gasteiger partial charge in [0, 0.05) is 18.2 Å². The number of nitrogens with zero attached hydrogens (tertiary/aromatic N) is 2. The van der Waals surface area contributed by atoms with Crippen molar-refractivity contribution in [2.24, 2.45) is 5.73 Å². The van der Waals surface area contributed by atoms with E-state index in [1.807, 2.05) is 4.57 Å². The fraction of sp³-hybridized carbons (Fsp3) is 0.357. The lowest BCUT2D eigenvalue weighted by Crippen LogP contribution is -2.32. The zero-order valence-corrected chi connectivity index (χ0v) is 11.7. The van der Waals surface area contributed by atoms with Gasteiger partial charge in [-0.05, 0) is 25.0 Å². The molecule has 0 amide bonds. The average Bonchev–Trinajstić information content (AvgIpc) is 2.75. The van der Waals surface area contributed by atoms with Crippen LogP contribution in [0, 0.1) is 0 Å². The van der Waals surface area contributed by atoms with Crippen molar-refractivity contribution >= 4 is 11.6 Å². The maximum absolute atomic E-state index is 12.6. The molecule has 2 N–H and O–H groups in total. The molecule has 0 saturated carbocycles. The Balaban J connectivity index is 2.01. The molecule has 0 radical (unpaired) electrons. The summed E-state index contributed by atoms with van der Waals surface area (Å²) in [7, 11) is 0. The number of benzene rings is 1. The summed E-state index contributed by atoms with van der Waals surface area (Å²) in [5.41, 5.74) is 6.76. The van der Waals surface area contributed by atoms with Crippen molar-refractivity contribution in [2.75, 3.05) is 0 Å². The summed E-state index contributed by atoms with van der Waals surface area (Å²) in [5.74, 6) is 0.568. The van der Waals surface area contributed by atoms with Crippen molar-refractivity contribution in [2.45, 2.75) is 31.6 Å². The Kier molecular flexibility index (Phi) is 3.45. The second-order valence-corrected chi connectivity index (χ2v) is 5.52. The van der Waals surface area contributed by atoms with Crippen LogP contribution in [0.25, 0.3) is 11.4 Å². The van der Waals surface area contributed by atoms with E-state index in [4.69, 9.17) is 17.3 Å². The summed E-state index contributed by atoms with van der Waals surface area (Å²) in [5, 5.41) is 0.400. The van der Waals surface area contributed by atoms with Crippen molar-refractivity contribution in [3.63, 3.8) is 0 Å². The fourth-order valence-corrected chi connectivity index (χ4v) is 2.84. The normalized spacial score (nSPS) is 18.6. The molecule has 112 valence electrons. The average molecular weight is 316 g/mol. The highest BCUT2D eigenvalue weighted by atomic mass is 35.5. The molecule has 1 aliphatic rings. The van der Waals surface area contributed by atoms with Crippen LogP contribution in [0.5, 0.6) is 0 Å². The Morgan fingerprint density at radius 1 is 1.24 bits per heavy atom. The number of nitrogens with two attached hydrogens (primary N) is 1. The molecule has 0 aliphatic carbocycles. The van der Waals surface area contributed by atoms with Gasteiger partial charge in [-0.3, -0.25) is 0 Å². The number of hydrogen-bond acceptors (Lipinski definition) is 2. The SMILES string of the molecule is NC1CCc2c(Cl)nc(-c3ccc(C(F)(F)F)cc3)n2C1. The van der Waals surface area contributed by atoms with Crippen LogP contribution in [0.2, 0.25) is 5.15 Å². The lowest BCUT2D eigenvalue weighted by Gasteiger charge is -2.22. The zero-order chi connectivity index (χ0) is 15.2. The monoisotopic (exact) mass is 315 g/mol. The summed E-state index contributed by atoms with van der Waals surface area (Å²) in [6, 6.07) is 4.93. The van der Waals surface area contributed by atoms with Gasteiger partial charge >= 0.3 is 6.18 Å². The molecule has 3 rings (SSSR count). The van der Waals surface area contributed by atoms with Gasteiger partial charge in [-0.2, -0.15) is 13.2 Å². The number of halogens is 4. The minimum atomic E-state index is -4.34. The molecule has 1 aliphatic heterocycles. The minimum Gasteiger partial charge on any atom is -0.326 e. The predicted molar refractivity (Wildman–Crippen MR) is 74.0 cm³/mol. The van der Waals surface area contributed by atoms with Gasteiger partial charge in [-0.1, -0.05) is 23.7 Å². The Hall–Kier alpha value is -1.53. The number of imidazole rings is 1. The molecule has 0 spiro atoms. The van der Waals surface area contributed by atoms with Crippen molar-refractivity contribution in [1.82, 2.24) is 9.55 Å². The van der Waals surface area contributed by atoms with Crippen LogP contribution in [0.3, 0.4) is 0 Å². The molecule has 1 aromatic heterocycles. The van der Waals surface area contributed by atoms with Crippen molar-refractivity contribution in [3.8, 4) is 11.4 Å². The van der Waals surface area contributed by atoms with Crippen molar-refractivity contribution in [3.05, 3.63) is 40.7 Å². The molecule has 1 unspecified atom stereocenters. The standard InChI is InChI=1S/C14H13ClF3N3/c15-12-11-6-5-10(19)7-21(11)13(20-12)8-1-3-9(4-2-8)14(16,17)18/h1-4,10H,5-7,19H2. The van der Waals surface area contributed by atoms with Gasteiger partial charge in [-0.15, -0.1) is 0 Å². The summed E-state index contributed by atoms with van der Waals surface area (Å²) in [4.78, 5) is 4.28. The number of hydrogen-bond donors (Lipinski definition) is 1. The Labute approximate surface area is 124 Å². The summed E-state index contributed by atoms with van der Waals surface area (Å²) in [6.07, 6.45) is -2.78. The van der Waals surface area contributed by atoms with Gasteiger partial charge in [0.25, 0.3) is 0 Å². The zero-order valence-electron chi connectivity index (χ0n) is 11.0. The Morgan fingerprint density at radius 3 is 2.52 bits per heavy atom. The van der Waals surface area contributed by atoms with E-state index in [9.17, 15) is 13.2 Å². The molecule has 0 fully saturated rings. The van der Waals surface area contributed by atoms with Gasteiger partial charge in [0.2, 0.25) is 0 Å². The number of rotatable bonds is 1.